The lowest BCUT2D eigenvalue weighted by Gasteiger charge is -2.21. The van der Waals surface area contributed by atoms with Gasteiger partial charge in [0.05, 0.1) is 17.0 Å². The van der Waals surface area contributed by atoms with Crippen molar-refractivity contribution in [1.82, 2.24) is 19.8 Å². The summed E-state index contributed by atoms with van der Waals surface area (Å²) in [4.78, 5) is 37.4. The number of hydrogen-bond donors (Lipinski definition) is 0. The first kappa shape index (κ1) is 16.9. The molecule has 8 heteroatoms. The summed E-state index contributed by atoms with van der Waals surface area (Å²) in [5.74, 6) is -0.0650. The summed E-state index contributed by atoms with van der Waals surface area (Å²) in [7, 11) is 0. The van der Waals surface area contributed by atoms with E-state index in [1.54, 1.807) is 11.0 Å². The zero-order chi connectivity index (χ0) is 16.9. The first-order valence-corrected chi connectivity index (χ1v) is 8.90. The first-order chi connectivity index (χ1) is 11.6. The Bertz CT molecular complexity index is 722. The number of carbonyl (C=O) groups excluding carboxylic acids is 2. The predicted molar refractivity (Wildman–Crippen MR) is 92.2 cm³/mol. The molecule has 2 aromatic heterocycles. The lowest BCUT2D eigenvalue weighted by atomic mass is 10.3. The van der Waals surface area contributed by atoms with E-state index in [0.29, 0.717) is 42.6 Å². The second-order valence-electron chi connectivity index (χ2n) is 5.50. The van der Waals surface area contributed by atoms with Crippen LogP contribution in [0.1, 0.15) is 21.8 Å². The third-order valence-corrected chi connectivity index (χ3v) is 5.10. The number of amides is 2. The van der Waals surface area contributed by atoms with Gasteiger partial charge < -0.3 is 9.80 Å². The van der Waals surface area contributed by atoms with Gasteiger partial charge in [-0.3, -0.25) is 14.6 Å². The van der Waals surface area contributed by atoms with Crippen LogP contribution >= 0.6 is 22.9 Å². The average Bonchev–Trinajstić information content (AvgIpc) is 2.86. The van der Waals surface area contributed by atoms with Crippen molar-refractivity contribution >= 4 is 34.8 Å². The molecule has 3 heterocycles. The maximum Gasteiger partial charge on any atom is 0.274 e. The topological polar surface area (TPSA) is 66.4 Å². The van der Waals surface area contributed by atoms with Crippen LogP contribution in [0.4, 0.5) is 0 Å². The highest BCUT2D eigenvalue weighted by Crippen LogP contribution is 2.22. The standard InChI is InChI=1S/C16H17ClN4O2S/c17-14-3-2-12(24-14)10-15(22)20-6-1-7-21(9-8-20)16(23)13-11-18-4-5-19-13/h2-5,11H,1,6-10H2. The van der Waals surface area contributed by atoms with Gasteiger partial charge in [0.15, 0.2) is 0 Å². The molecule has 0 aliphatic carbocycles. The summed E-state index contributed by atoms with van der Waals surface area (Å²) in [5.41, 5.74) is 0.338. The molecule has 0 radical (unpaired) electrons. The maximum absolute atomic E-state index is 12.4. The van der Waals surface area contributed by atoms with E-state index in [9.17, 15) is 9.59 Å². The summed E-state index contributed by atoms with van der Waals surface area (Å²) in [6, 6.07) is 3.69. The van der Waals surface area contributed by atoms with Gasteiger partial charge in [-0.25, -0.2) is 4.98 Å². The minimum atomic E-state index is -0.137. The largest absolute Gasteiger partial charge is 0.341 e. The molecule has 0 atom stereocenters. The Morgan fingerprint density at radius 1 is 1.12 bits per heavy atom. The van der Waals surface area contributed by atoms with Gasteiger partial charge in [0.25, 0.3) is 5.91 Å². The molecule has 1 aliphatic rings. The smallest absolute Gasteiger partial charge is 0.274 e. The SMILES string of the molecule is O=C(Cc1ccc(Cl)s1)N1CCCN(C(=O)c2cnccn2)CC1. The van der Waals surface area contributed by atoms with Gasteiger partial charge in [-0.2, -0.15) is 0 Å². The molecule has 3 rings (SSSR count). The summed E-state index contributed by atoms with van der Waals surface area (Å²) in [6.45, 7) is 2.31. The molecule has 0 bridgehead atoms. The van der Waals surface area contributed by atoms with Gasteiger partial charge in [-0.15, -0.1) is 11.3 Å². The van der Waals surface area contributed by atoms with Crippen molar-refractivity contribution in [3.05, 3.63) is 45.6 Å². The van der Waals surface area contributed by atoms with Crippen molar-refractivity contribution in [1.29, 1.82) is 0 Å². The van der Waals surface area contributed by atoms with Gasteiger partial charge >= 0.3 is 0 Å². The van der Waals surface area contributed by atoms with Gasteiger partial charge in [0.1, 0.15) is 5.69 Å². The van der Waals surface area contributed by atoms with Crippen molar-refractivity contribution in [2.45, 2.75) is 12.8 Å². The van der Waals surface area contributed by atoms with Gasteiger partial charge in [0.2, 0.25) is 5.91 Å². The van der Waals surface area contributed by atoms with Gasteiger partial charge in [-0.05, 0) is 18.6 Å². The monoisotopic (exact) mass is 364 g/mol. The number of halogens is 1. The fourth-order valence-electron chi connectivity index (χ4n) is 2.65. The summed E-state index contributed by atoms with van der Waals surface area (Å²) >= 11 is 7.33. The molecule has 0 unspecified atom stereocenters. The van der Waals surface area contributed by atoms with Crippen molar-refractivity contribution in [2.24, 2.45) is 0 Å². The maximum atomic E-state index is 12.4. The molecule has 0 spiro atoms. The number of carbonyl (C=O) groups is 2. The van der Waals surface area contributed by atoms with Crippen molar-refractivity contribution < 1.29 is 9.59 Å². The minimum absolute atomic E-state index is 0.0716. The van der Waals surface area contributed by atoms with Crippen molar-refractivity contribution in [3.8, 4) is 0 Å². The molecule has 0 N–H and O–H groups in total. The first-order valence-electron chi connectivity index (χ1n) is 7.71. The molecular formula is C16H17ClN4O2S. The van der Waals surface area contributed by atoms with Crippen LogP contribution in [0.15, 0.2) is 30.7 Å². The van der Waals surface area contributed by atoms with E-state index in [0.717, 1.165) is 11.3 Å². The van der Waals surface area contributed by atoms with Crippen LogP contribution in [0.2, 0.25) is 4.34 Å². The highest BCUT2D eigenvalue weighted by atomic mass is 35.5. The fourth-order valence-corrected chi connectivity index (χ4v) is 3.73. The van der Waals surface area contributed by atoms with Crippen LogP contribution in [-0.2, 0) is 11.2 Å². The highest BCUT2D eigenvalue weighted by Gasteiger charge is 2.23. The van der Waals surface area contributed by atoms with E-state index in [-0.39, 0.29) is 11.8 Å². The third kappa shape index (κ3) is 4.10. The molecule has 2 aromatic rings. The Morgan fingerprint density at radius 3 is 2.62 bits per heavy atom. The van der Waals surface area contributed by atoms with Gasteiger partial charge in [-0.1, -0.05) is 11.6 Å². The molecule has 126 valence electrons. The molecule has 1 aliphatic heterocycles. The molecule has 1 fully saturated rings. The number of rotatable bonds is 3. The van der Waals surface area contributed by atoms with E-state index in [1.165, 1.54) is 29.9 Å². The fraction of sp³-hybridized carbons (Fsp3) is 0.375. The number of nitrogens with zero attached hydrogens (tertiary/aromatic N) is 4. The Labute approximate surface area is 149 Å². The molecule has 24 heavy (non-hydrogen) atoms. The van der Waals surface area contributed by atoms with Crippen LogP contribution < -0.4 is 0 Å². The quantitative estimate of drug-likeness (QED) is 0.836. The van der Waals surface area contributed by atoms with E-state index in [4.69, 9.17) is 11.6 Å². The Kier molecular flexibility index (Phi) is 5.42. The Morgan fingerprint density at radius 2 is 1.92 bits per heavy atom. The third-order valence-electron chi connectivity index (χ3n) is 3.87. The minimum Gasteiger partial charge on any atom is -0.341 e. The number of thiophene rings is 1. The lowest BCUT2D eigenvalue weighted by molar-refractivity contribution is -0.130. The van der Waals surface area contributed by atoms with Crippen molar-refractivity contribution in [2.75, 3.05) is 26.2 Å². The zero-order valence-corrected chi connectivity index (χ0v) is 14.6. The average molecular weight is 365 g/mol. The molecule has 0 saturated carbocycles. The van der Waals surface area contributed by atoms with E-state index in [2.05, 4.69) is 9.97 Å². The lowest BCUT2D eigenvalue weighted by Crippen LogP contribution is -2.38. The number of aromatic nitrogens is 2. The molecule has 6 nitrogen and oxygen atoms in total. The second-order valence-corrected chi connectivity index (χ2v) is 7.30. The predicted octanol–water partition coefficient (Wildman–Crippen LogP) is 2.11. The number of hydrogen-bond acceptors (Lipinski definition) is 5. The highest BCUT2D eigenvalue weighted by molar-refractivity contribution is 7.16. The molecule has 1 saturated heterocycles. The van der Waals surface area contributed by atoms with Crippen LogP contribution in [-0.4, -0.2) is 57.8 Å². The summed E-state index contributed by atoms with van der Waals surface area (Å²) in [6.07, 6.45) is 5.62. The van der Waals surface area contributed by atoms with E-state index >= 15 is 0 Å². The van der Waals surface area contributed by atoms with Crippen LogP contribution in [0, 0.1) is 0 Å². The Hall–Kier alpha value is -1.99. The van der Waals surface area contributed by atoms with E-state index in [1.807, 2.05) is 11.0 Å². The summed E-state index contributed by atoms with van der Waals surface area (Å²) in [5, 5.41) is 0. The Balaban J connectivity index is 1.58. The van der Waals surface area contributed by atoms with Crippen LogP contribution in [0.5, 0.6) is 0 Å². The zero-order valence-electron chi connectivity index (χ0n) is 13.0. The summed E-state index contributed by atoms with van der Waals surface area (Å²) < 4.78 is 0.689. The second kappa shape index (κ2) is 7.72. The molecule has 0 aromatic carbocycles. The van der Waals surface area contributed by atoms with Crippen LogP contribution in [0.3, 0.4) is 0 Å². The van der Waals surface area contributed by atoms with E-state index < -0.39 is 0 Å². The van der Waals surface area contributed by atoms with Gasteiger partial charge in [0, 0.05) is 43.4 Å². The normalized spacial score (nSPS) is 15.2. The van der Waals surface area contributed by atoms with Crippen LogP contribution in [0.25, 0.3) is 0 Å². The van der Waals surface area contributed by atoms with Crippen molar-refractivity contribution in [3.63, 3.8) is 0 Å². The molecule has 2 amide bonds. The molecular weight excluding hydrogens is 348 g/mol.